The van der Waals surface area contributed by atoms with Gasteiger partial charge in [-0.15, -0.1) is 0 Å². The first-order chi connectivity index (χ1) is 7.69. The fraction of sp³-hybridized carbons (Fsp3) is 0.273. The predicted octanol–water partition coefficient (Wildman–Crippen LogP) is 1.35. The highest BCUT2D eigenvalue weighted by Gasteiger charge is 2.09. The summed E-state index contributed by atoms with van der Waals surface area (Å²) in [6.45, 7) is 2.07. The Balaban J connectivity index is 2.80. The summed E-state index contributed by atoms with van der Waals surface area (Å²) in [5.41, 5.74) is 6.35. The number of hydrogen-bond acceptors (Lipinski definition) is 5. The van der Waals surface area contributed by atoms with Gasteiger partial charge in [0.05, 0.1) is 17.9 Å². The van der Waals surface area contributed by atoms with Gasteiger partial charge in [-0.3, -0.25) is 0 Å². The topological polar surface area (TPSA) is 85.3 Å². The van der Waals surface area contributed by atoms with E-state index in [0.29, 0.717) is 23.6 Å². The molecular weight excluding hydrogens is 208 g/mol. The maximum absolute atomic E-state index is 11.4. The molecule has 0 radical (unpaired) electrons. The second-order valence-electron chi connectivity index (χ2n) is 2.92. The van der Waals surface area contributed by atoms with Crippen molar-refractivity contribution < 1.29 is 14.3 Å². The van der Waals surface area contributed by atoms with Crippen molar-refractivity contribution in [3.8, 4) is 11.8 Å². The number of rotatable bonds is 4. The average molecular weight is 220 g/mol. The average Bonchev–Trinajstić information content (AvgIpc) is 2.29. The third-order valence-corrected chi connectivity index (χ3v) is 1.81. The third kappa shape index (κ3) is 2.89. The van der Waals surface area contributed by atoms with Crippen molar-refractivity contribution in [1.82, 2.24) is 0 Å². The summed E-state index contributed by atoms with van der Waals surface area (Å²) in [6, 6.07) is 6.32. The molecule has 0 aliphatic rings. The van der Waals surface area contributed by atoms with Crippen LogP contribution in [-0.2, 0) is 4.74 Å². The SMILES string of the molecule is CCOc1ccc(C(=O)OCC#N)cc1N. The molecule has 0 amide bonds. The highest BCUT2D eigenvalue weighted by molar-refractivity contribution is 5.91. The lowest BCUT2D eigenvalue weighted by Crippen LogP contribution is -2.06. The fourth-order valence-corrected chi connectivity index (χ4v) is 1.14. The van der Waals surface area contributed by atoms with Crippen molar-refractivity contribution >= 4 is 11.7 Å². The van der Waals surface area contributed by atoms with Crippen molar-refractivity contribution in [1.29, 1.82) is 5.26 Å². The van der Waals surface area contributed by atoms with Crippen LogP contribution in [0.3, 0.4) is 0 Å². The number of carbonyl (C=O) groups excluding carboxylic acids is 1. The Kier molecular flexibility index (Phi) is 4.16. The fourth-order valence-electron chi connectivity index (χ4n) is 1.14. The maximum Gasteiger partial charge on any atom is 0.339 e. The van der Waals surface area contributed by atoms with Gasteiger partial charge < -0.3 is 15.2 Å². The number of ether oxygens (including phenoxy) is 2. The summed E-state index contributed by atoms with van der Waals surface area (Å²) >= 11 is 0. The van der Waals surface area contributed by atoms with Crippen LogP contribution >= 0.6 is 0 Å². The lowest BCUT2D eigenvalue weighted by molar-refractivity contribution is 0.0555. The van der Waals surface area contributed by atoms with E-state index in [1.807, 2.05) is 6.92 Å². The zero-order chi connectivity index (χ0) is 12.0. The molecule has 0 bridgehead atoms. The molecule has 0 heterocycles. The second kappa shape index (κ2) is 5.61. The van der Waals surface area contributed by atoms with Crippen molar-refractivity contribution in [3.05, 3.63) is 23.8 Å². The van der Waals surface area contributed by atoms with Crippen LogP contribution in [0.15, 0.2) is 18.2 Å². The van der Waals surface area contributed by atoms with Gasteiger partial charge in [0.1, 0.15) is 11.8 Å². The molecule has 0 saturated carbocycles. The number of carbonyl (C=O) groups is 1. The number of nitrogens with two attached hydrogens (primary N) is 1. The van der Waals surface area contributed by atoms with Gasteiger partial charge in [-0.2, -0.15) is 5.26 Å². The summed E-state index contributed by atoms with van der Waals surface area (Å²) in [4.78, 5) is 11.4. The van der Waals surface area contributed by atoms with E-state index in [0.717, 1.165) is 0 Å². The van der Waals surface area contributed by atoms with Gasteiger partial charge in [0.2, 0.25) is 0 Å². The Labute approximate surface area is 93.4 Å². The van der Waals surface area contributed by atoms with Crippen LogP contribution in [0.2, 0.25) is 0 Å². The summed E-state index contributed by atoms with van der Waals surface area (Å²) in [5.74, 6) is -0.0457. The van der Waals surface area contributed by atoms with E-state index in [-0.39, 0.29) is 6.61 Å². The van der Waals surface area contributed by atoms with Crippen molar-refractivity contribution in [2.24, 2.45) is 0 Å². The molecule has 5 heteroatoms. The number of nitriles is 1. The van der Waals surface area contributed by atoms with Crippen LogP contribution in [0.25, 0.3) is 0 Å². The number of nitrogen functional groups attached to an aromatic ring is 1. The number of anilines is 1. The summed E-state index contributed by atoms with van der Waals surface area (Å²) < 4.78 is 9.86. The summed E-state index contributed by atoms with van der Waals surface area (Å²) in [5, 5.41) is 8.26. The predicted molar refractivity (Wildman–Crippen MR) is 57.9 cm³/mol. The van der Waals surface area contributed by atoms with Crippen molar-refractivity contribution in [3.63, 3.8) is 0 Å². The first-order valence-corrected chi connectivity index (χ1v) is 4.75. The molecule has 1 aromatic carbocycles. The van der Waals surface area contributed by atoms with Crippen LogP contribution in [-0.4, -0.2) is 19.2 Å². The Bertz CT molecular complexity index is 424. The van der Waals surface area contributed by atoms with E-state index in [1.54, 1.807) is 18.2 Å². The van der Waals surface area contributed by atoms with Crippen LogP contribution in [0, 0.1) is 11.3 Å². The Morgan fingerprint density at radius 1 is 1.56 bits per heavy atom. The molecule has 84 valence electrons. The Morgan fingerprint density at radius 2 is 2.31 bits per heavy atom. The molecule has 0 aliphatic carbocycles. The third-order valence-electron chi connectivity index (χ3n) is 1.81. The zero-order valence-corrected chi connectivity index (χ0v) is 8.90. The van der Waals surface area contributed by atoms with Gasteiger partial charge in [0.15, 0.2) is 6.61 Å². The molecule has 0 saturated heterocycles. The van der Waals surface area contributed by atoms with Gasteiger partial charge in [0, 0.05) is 0 Å². The molecule has 5 nitrogen and oxygen atoms in total. The van der Waals surface area contributed by atoms with Gasteiger partial charge in [-0.25, -0.2) is 4.79 Å². The first-order valence-electron chi connectivity index (χ1n) is 4.75. The van der Waals surface area contributed by atoms with Crippen molar-refractivity contribution in [2.75, 3.05) is 18.9 Å². The number of hydrogen-bond donors (Lipinski definition) is 1. The lowest BCUT2D eigenvalue weighted by atomic mass is 10.2. The minimum atomic E-state index is -0.573. The van der Waals surface area contributed by atoms with Gasteiger partial charge in [0.25, 0.3) is 0 Å². The van der Waals surface area contributed by atoms with E-state index in [2.05, 4.69) is 4.74 Å². The normalized spacial score (nSPS) is 9.25. The van der Waals surface area contributed by atoms with Crippen LogP contribution < -0.4 is 10.5 Å². The summed E-state index contributed by atoms with van der Waals surface area (Å²) in [7, 11) is 0. The molecule has 16 heavy (non-hydrogen) atoms. The zero-order valence-electron chi connectivity index (χ0n) is 8.90. The van der Waals surface area contributed by atoms with Crippen LogP contribution in [0.1, 0.15) is 17.3 Å². The molecular formula is C11H12N2O3. The van der Waals surface area contributed by atoms with Crippen LogP contribution in [0.4, 0.5) is 5.69 Å². The highest BCUT2D eigenvalue weighted by Crippen LogP contribution is 2.22. The molecule has 0 spiro atoms. The molecule has 0 aliphatic heterocycles. The molecule has 0 aromatic heterocycles. The minimum absolute atomic E-state index is 0.272. The molecule has 1 aromatic rings. The second-order valence-corrected chi connectivity index (χ2v) is 2.92. The number of esters is 1. The van der Waals surface area contributed by atoms with Crippen molar-refractivity contribution in [2.45, 2.75) is 6.92 Å². The highest BCUT2D eigenvalue weighted by atomic mass is 16.5. The van der Waals surface area contributed by atoms with E-state index < -0.39 is 5.97 Å². The van der Waals surface area contributed by atoms with E-state index in [4.69, 9.17) is 15.7 Å². The summed E-state index contributed by atoms with van der Waals surface area (Å²) in [6.07, 6.45) is 0. The quantitative estimate of drug-likeness (QED) is 0.611. The van der Waals surface area contributed by atoms with Crippen LogP contribution in [0.5, 0.6) is 5.75 Å². The molecule has 1 rings (SSSR count). The van der Waals surface area contributed by atoms with E-state index in [9.17, 15) is 4.79 Å². The number of nitrogens with zero attached hydrogens (tertiary/aromatic N) is 1. The standard InChI is InChI=1S/C11H12N2O3/c1-2-15-10-4-3-8(7-9(10)13)11(14)16-6-5-12/h3-4,7H,2,6,13H2,1H3. The minimum Gasteiger partial charge on any atom is -0.492 e. The monoisotopic (exact) mass is 220 g/mol. The maximum atomic E-state index is 11.4. The largest absolute Gasteiger partial charge is 0.492 e. The van der Waals surface area contributed by atoms with E-state index in [1.165, 1.54) is 6.07 Å². The first kappa shape index (κ1) is 11.9. The van der Waals surface area contributed by atoms with Gasteiger partial charge in [-0.05, 0) is 25.1 Å². The molecule has 0 unspecified atom stereocenters. The molecule has 2 N–H and O–H groups in total. The van der Waals surface area contributed by atoms with Gasteiger partial charge in [-0.1, -0.05) is 0 Å². The Hall–Kier alpha value is -2.22. The smallest absolute Gasteiger partial charge is 0.339 e. The van der Waals surface area contributed by atoms with E-state index >= 15 is 0 Å². The van der Waals surface area contributed by atoms with Gasteiger partial charge >= 0.3 is 5.97 Å². The Morgan fingerprint density at radius 3 is 2.88 bits per heavy atom. The number of benzene rings is 1. The molecule has 0 atom stereocenters. The lowest BCUT2D eigenvalue weighted by Gasteiger charge is -2.07. The molecule has 0 fully saturated rings.